The third-order valence-corrected chi connectivity index (χ3v) is 5.48. The predicted octanol–water partition coefficient (Wildman–Crippen LogP) is 2.78. The van der Waals surface area contributed by atoms with E-state index in [2.05, 4.69) is 24.1 Å². The molecule has 1 aromatic carbocycles. The highest BCUT2D eigenvalue weighted by Crippen LogP contribution is 2.34. The molecule has 5 heteroatoms. The lowest BCUT2D eigenvalue weighted by molar-refractivity contribution is -0.128. The molecule has 4 nitrogen and oxygen atoms in total. The van der Waals surface area contributed by atoms with Gasteiger partial charge in [0.25, 0.3) is 5.91 Å². The van der Waals surface area contributed by atoms with Gasteiger partial charge in [-0.15, -0.1) is 11.8 Å². The van der Waals surface area contributed by atoms with Gasteiger partial charge in [0.05, 0.1) is 0 Å². The Morgan fingerprint density at radius 3 is 2.83 bits per heavy atom. The Hall–Kier alpha value is -1.20. The Balaban J connectivity index is 1.47. The lowest BCUT2D eigenvalue weighted by Gasteiger charge is -2.34. The first-order chi connectivity index (χ1) is 11.1. The Kier molecular flexibility index (Phi) is 5.49. The topological polar surface area (TPSA) is 41.6 Å². The maximum atomic E-state index is 12.5. The molecule has 1 atom stereocenters. The van der Waals surface area contributed by atoms with Gasteiger partial charge in [-0.1, -0.05) is 26.0 Å². The third-order valence-electron chi connectivity index (χ3n) is 4.36. The van der Waals surface area contributed by atoms with Gasteiger partial charge in [-0.25, -0.2) is 0 Å². The Morgan fingerprint density at radius 2 is 2.09 bits per heavy atom. The Morgan fingerprint density at radius 1 is 1.35 bits per heavy atom. The first-order valence-electron chi connectivity index (χ1n) is 8.53. The number of rotatable bonds is 4. The Labute approximate surface area is 143 Å². The number of para-hydroxylation sites is 1. The van der Waals surface area contributed by atoms with Crippen LogP contribution in [0.5, 0.6) is 5.75 Å². The van der Waals surface area contributed by atoms with Gasteiger partial charge in [0.1, 0.15) is 5.75 Å². The molecule has 1 fully saturated rings. The summed E-state index contributed by atoms with van der Waals surface area (Å²) in [6, 6.07) is 8.21. The molecule has 2 aliphatic heterocycles. The molecule has 0 unspecified atom stereocenters. The second kappa shape index (κ2) is 7.58. The van der Waals surface area contributed by atoms with Crippen molar-refractivity contribution < 1.29 is 9.53 Å². The number of likely N-dealkylation sites (tertiary alicyclic amines) is 1. The molecular weight excluding hydrogens is 308 g/mol. The third kappa shape index (κ3) is 4.42. The first-order valence-corrected chi connectivity index (χ1v) is 9.51. The number of nitrogens with zero attached hydrogens (tertiary/aromatic N) is 1. The summed E-state index contributed by atoms with van der Waals surface area (Å²) in [4.78, 5) is 16.1. The minimum absolute atomic E-state index is 0.0364. The number of amides is 1. The molecule has 2 heterocycles. The number of carbonyl (C=O) groups is 1. The van der Waals surface area contributed by atoms with Gasteiger partial charge in [-0.2, -0.15) is 0 Å². The van der Waals surface area contributed by atoms with Crippen molar-refractivity contribution in [3.8, 4) is 5.75 Å². The highest BCUT2D eigenvalue weighted by Gasteiger charge is 2.29. The maximum Gasteiger partial charge on any atom is 0.262 e. The molecule has 0 bridgehead atoms. The maximum absolute atomic E-state index is 12.5. The zero-order valence-corrected chi connectivity index (χ0v) is 14.8. The predicted molar refractivity (Wildman–Crippen MR) is 94.0 cm³/mol. The van der Waals surface area contributed by atoms with E-state index in [0.717, 1.165) is 43.1 Å². The lowest BCUT2D eigenvalue weighted by Crippen LogP contribution is -2.50. The average Bonchev–Trinajstić information content (AvgIpc) is 2.55. The van der Waals surface area contributed by atoms with Crippen molar-refractivity contribution in [2.24, 2.45) is 5.92 Å². The second-order valence-corrected chi connectivity index (χ2v) is 7.90. The number of hydrogen-bond donors (Lipinski definition) is 1. The van der Waals surface area contributed by atoms with Crippen LogP contribution in [-0.2, 0) is 4.79 Å². The van der Waals surface area contributed by atoms with Crippen LogP contribution in [0.3, 0.4) is 0 Å². The molecule has 1 saturated heterocycles. The highest BCUT2D eigenvalue weighted by atomic mass is 32.2. The zero-order valence-electron chi connectivity index (χ0n) is 14.0. The van der Waals surface area contributed by atoms with Gasteiger partial charge in [-0.3, -0.25) is 4.79 Å². The molecule has 126 valence electrons. The molecule has 3 rings (SSSR count). The number of thioether (sulfide) groups is 1. The van der Waals surface area contributed by atoms with E-state index in [1.807, 2.05) is 24.3 Å². The van der Waals surface area contributed by atoms with Crippen LogP contribution in [0.25, 0.3) is 0 Å². The molecule has 0 spiro atoms. The SMILES string of the molecule is CC(C)CN1CCC(NC(=O)[C@H]2CSc3ccccc3O2)CC1. The number of piperidine rings is 1. The van der Waals surface area contributed by atoms with Crippen LogP contribution >= 0.6 is 11.8 Å². The van der Waals surface area contributed by atoms with Gasteiger partial charge < -0.3 is 15.0 Å². The highest BCUT2D eigenvalue weighted by molar-refractivity contribution is 7.99. The summed E-state index contributed by atoms with van der Waals surface area (Å²) < 4.78 is 5.87. The second-order valence-electron chi connectivity index (χ2n) is 6.84. The molecule has 0 radical (unpaired) electrons. The summed E-state index contributed by atoms with van der Waals surface area (Å²) in [6.07, 6.45) is 1.70. The lowest BCUT2D eigenvalue weighted by atomic mass is 10.0. The molecule has 1 amide bonds. The van der Waals surface area contributed by atoms with Crippen molar-refractivity contribution in [1.29, 1.82) is 0 Å². The minimum atomic E-state index is -0.372. The monoisotopic (exact) mass is 334 g/mol. The van der Waals surface area contributed by atoms with E-state index in [9.17, 15) is 4.79 Å². The largest absolute Gasteiger partial charge is 0.479 e. The number of nitrogens with one attached hydrogen (secondary N) is 1. The number of ether oxygens (including phenoxy) is 1. The number of fused-ring (bicyclic) bond motifs is 1. The van der Waals surface area contributed by atoms with Crippen LogP contribution in [0.15, 0.2) is 29.2 Å². The van der Waals surface area contributed by atoms with Gasteiger partial charge in [0.15, 0.2) is 6.10 Å². The van der Waals surface area contributed by atoms with E-state index in [4.69, 9.17) is 4.74 Å². The van der Waals surface area contributed by atoms with Crippen molar-refractivity contribution in [1.82, 2.24) is 10.2 Å². The van der Waals surface area contributed by atoms with Crippen molar-refractivity contribution in [3.05, 3.63) is 24.3 Å². The fourth-order valence-electron chi connectivity index (χ4n) is 3.22. The molecule has 0 aromatic heterocycles. The standard InChI is InChI=1S/C18H26N2O2S/c1-13(2)11-20-9-7-14(8-10-20)19-18(21)16-12-23-17-6-4-3-5-15(17)22-16/h3-6,13-14,16H,7-12H2,1-2H3,(H,19,21)/t16-/m1/s1. The minimum Gasteiger partial charge on any atom is -0.479 e. The molecular formula is C18H26N2O2S. The quantitative estimate of drug-likeness (QED) is 0.919. The van der Waals surface area contributed by atoms with E-state index in [-0.39, 0.29) is 18.1 Å². The van der Waals surface area contributed by atoms with E-state index in [0.29, 0.717) is 11.7 Å². The Bertz CT molecular complexity index is 542. The van der Waals surface area contributed by atoms with Gasteiger partial charge in [0, 0.05) is 36.3 Å². The normalized spacial score (nSPS) is 22.5. The van der Waals surface area contributed by atoms with Crippen molar-refractivity contribution in [2.45, 2.75) is 43.7 Å². The van der Waals surface area contributed by atoms with Crippen LogP contribution < -0.4 is 10.1 Å². The summed E-state index contributed by atoms with van der Waals surface area (Å²) in [5.41, 5.74) is 0. The molecule has 1 aromatic rings. The van der Waals surface area contributed by atoms with Gasteiger partial charge in [0.2, 0.25) is 0 Å². The molecule has 1 N–H and O–H groups in total. The van der Waals surface area contributed by atoms with Crippen molar-refractivity contribution in [3.63, 3.8) is 0 Å². The summed E-state index contributed by atoms with van der Waals surface area (Å²) in [5, 5.41) is 3.19. The van der Waals surface area contributed by atoms with Crippen LogP contribution in [0.2, 0.25) is 0 Å². The smallest absolute Gasteiger partial charge is 0.262 e. The van der Waals surface area contributed by atoms with E-state index >= 15 is 0 Å². The zero-order chi connectivity index (χ0) is 16.2. The number of carbonyl (C=O) groups excluding carboxylic acids is 1. The van der Waals surface area contributed by atoms with Gasteiger partial charge >= 0.3 is 0 Å². The van der Waals surface area contributed by atoms with Crippen LogP contribution in [0, 0.1) is 5.92 Å². The fraction of sp³-hybridized carbons (Fsp3) is 0.611. The molecule has 0 aliphatic carbocycles. The summed E-state index contributed by atoms with van der Waals surface area (Å²) >= 11 is 1.70. The first kappa shape index (κ1) is 16.7. The van der Waals surface area contributed by atoms with E-state index in [1.54, 1.807) is 11.8 Å². The van der Waals surface area contributed by atoms with Gasteiger partial charge in [-0.05, 0) is 30.9 Å². The van der Waals surface area contributed by atoms with Crippen LogP contribution in [-0.4, -0.2) is 48.3 Å². The average molecular weight is 334 g/mol. The van der Waals surface area contributed by atoms with Crippen molar-refractivity contribution >= 4 is 17.7 Å². The van der Waals surface area contributed by atoms with Crippen LogP contribution in [0.4, 0.5) is 0 Å². The molecule has 0 saturated carbocycles. The van der Waals surface area contributed by atoms with E-state index in [1.165, 1.54) is 0 Å². The summed E-state index contributed by atoms with van der Waals surface area (Å²) in [6.45, 7) is 7.81. The summed E-state index contributed by atoms with van der Waals surface area (Å²) in [7, 11) is 0. The molecule has 23 heavy (non-hydrogen) atoms. The molecule has 2 aliphatic rings. The van der Waals surface area contributed by atoms with Crippen LogP contribution in [0.1, 0.15) is 26.7 Å². The van der Waals surface area contributed by atoms with E-state index < -0.39 is 0 Å². The number of benzene rings is 1. The number of hydrogen-bond acceptors (Lipinski definition) is 4. The van der Waals surface area contributed by atoms with Crippen molar-refractivity contribution in [2.75, 3.05) is 25.4 Å². The fourth-order valence-corrected chi connectivity index (χ4v) is 4.20. The summed E-state index contributed by atoms with van der Waals surface area (Å²) in [5.74, 6) is 2.26.